The summed E-state index contributed by atoms with van der Waals surface area (Å²) in [7, 11) is 1.58. The highest BCUT2D eigenvalue weighted by atomic mass is 16.6. The fourth-order valence-corrected chi connectivity index (χ4v) is 1.11. The Kier molecular flexibility index (Phi) is 4.65. The zero-order valence-electron chi connectivity index (χ0n) is 11.6. The third kappa shape index (κ3) is 4.80. The molecule has 1 amide bonds. The minimum atomic E-state index is -0.547. The van der Waals surface area contributed by atoms with Crippen LogP contribution in [0, 0.1) is 11.8 Å². The maximum atomic E-state index is 11.8. The summed E-state index contributed by atoms with van der Waals surface area (Å²) < 4.78 is 5.23. The molecule has 0 aliphatic heterocycles. The number of amides is 1. The predicted octanol–water partition coefficient (Wildman–Crippen LogP) is 2.39. The molecule has 0 fully saturated rings. The number of allylic oxidation sites excluding steroid dienone is 1. The van der Waals surface area contributed by atoms with Gasteiger partial charge in [-0.05, 0) is 32.8 Å². The molecule has 1 heterocycles. The van der Waals surface area contributed by atoms with Gasteiger partial charge in [0.1, 0.15) is 11.3 Å². The number of anilines is 1. The van der Waals surface area contributed by atoms with Crippen LogP contribution in [0.4, 0.5) is 10.6 Å². The first kappa shape index (κ1) is 14.7. The van der Waals surface area contributed by atoms with Crippen molar-refractivity contribution in [1.29, 1.82) is 0 Å². The second-order valence-corrected chi connectivity index (χ2v) is 4.77. The summed E-state index contributed by atoms with van der Waals surface area (Å²) in [5.74, 6) is 5.83. The highest BCUT2D eigenvalue weighted by Gasteiger charge is 2.21. The number of rotatable bonds is 1. The minimum Gasteiger partial charge on any atom is -0.443 e. The van der Waals surface area contributed by atoms with Crippen LogP contribution in [0.5, 0.6) is 0 Å². The van der Waals surface area contributed by atoms with Crippen LogP contribution in [0.1, 0.15) is 26.5 Å². The minimum absolute atomic E-state index is 0.401. The summed E-state index contributed by atoms with van der Waals surface area (Å²) in [5, 5.41) is 0. The summed E-state index contributed by atoms with van der Waals surface area (Å²) in [6, 6.07) is 0. The molecule has 0 aliphatic rings. The van der Waals surface area contributed by atoms with Crippen molar-refractivity contribution in [1.82, 2.24) is 9.97 Å². The van der Waals surface area contributed by atoms with Crippen LogP contribution in [0.25, 0.3) is 0 Å². The lowest BCUT2D eigenvalue weighted by Crippen LogP contribution is -2.34. The van der Waals surface area contributed by atoms with E-state index in [0.717, 1.165) is 0 Å². The maximum absolute atomic E-state index is 11.8. The summed E-state index contributed by atoms with van der Waals surface area (Å²) in [6.07, 6.45) is 3.96. The van der Waals surface area contributed by atoms with Crippen molar-refractivity contribution in [3.8, 4) is 11.8 Å². The van der Waals surface area contributed by atoms with E-state index in [9.17, 15) is 4.79 Å². The Labute approximate surface area is 113 Å². The largest absolute Gasteiger partial charge is 0.443 e. The first-order valence-electron chi connectivity index (χ1n) is 5.74. The molecular formula is C14H17N3O2. The van der Waals surface area contributed by atoms with E-state index in [1.165, 1.54) is 23.4 Å². The first-order valence-corrected chi connectivity index (χ1v) is 5.74. The van der Waals surface area contributed by atoms with Crippen molar-refractivity contribution in [2.45, 2.75) is 26.4 Å². The Hall–Kier alpha value is -2.35. The second-order valence-electron chi connectivity index (χ2n) is 4.77. The number of hydrogen-bond donors (Lipinski definition) is 0. The highest BCUT2D eigenvalue weighted by molar-refractivity contribution is 5.85. The molecule has 1 aromatic rings. The average Bonchev–Trinajstić information content (AvgIpc) is 2.34. The average molecular weight is 259 g/mol. The van der Waals surface area contributed by atoms with Crippen molar-refractivity contribution in [3.63, 3.8) is 0 Å². The standard InChI is InChI=1S/C14H17N3O2/c1-6-7-8-11-9-16-12(10-15-11)17(5)13(18)19-14(2,3)4/h6,9-10H,1H2,2-5H3. The van der Waals surface area contributed by atoms with Crippen molar-refractivity contribution < 1.29 is 9.53 Å². The van der Waals surface area contributed by atoms with E-state index in [0.29, 0.717) is 11.5 Å². The third-order valence-corrected chi connectivity index (χ3v) is 1.95. The molecule has 5 heteroatoms. The smallest absolute Gasteiger partial charge is 0.415 e. The molecule has 0 saturated heterocycles. The van der Waals surface area contributed by atoms with Crippen LogP contribution in [0.3, 0.4) is 0 Å². The van der Waals surface area contributed by atoms with E-state index >= 15 is 0 Å². The Bertz CT molecular complexity index is 518. The molecule has 0 aromatic carbocycles. The normalized spacial score (nSPS) is 10.1. The van der Waals surface area contributed by atoms with Gasteiger partial charge in [-0.2, -0.15) is 0 Å². The molecule has 0 aliphatic carbocycles. The Morgan fingerprint density at radius 3 is 2.58 bits per heavy atom. The van der Waals surface area contributed by atoms with Crippen LogP contribution in [-0.4, -0.2) is 28.7 Å². The molecule has 0 saturated carbocycles. The van der Waals surface area contributed by atoms with Crippen LogP contribution in [-0.2, 0) is 4.74 Å². The lowest BCUT2D eigenvalue weighted by Gasteiger charge is -2.23. The maximum Gasteiger partial charge on any atom is 0.415 e. The quantitative estimate of drug-likeness (QED) is 0.727. The summed E-state index contributed by atoms with van der Waals surface area (Å²) >= 11 is 0. The number of ether oxygens (including phenoxy) is 1. The van der Waals surface area contributed by atoms with Gasteiger partial charge in [-0.3, -0.25) is 4.90 Å². The van der Waals surface area contributed by atoms with Gasteiger partial charge in [0, 0.05) is 7.05 Å². The Morgan fingerprint density at radius 1 is 1.42 bits per heavy atom. The van der Waals surface area contributed by atoms with Gasteiger partial charge < -0.3 is 4.74 Å². The summed E-state index contributed by atoms with van der Waals surface area (Å²) in [4.78, 5) is 21.3. The first-order chi connectivity index (χ1) is 8.83. The van der Waals surface area contributed by atoms with Gasteiger partial charge in [-0.1, -0.05) is 12.5 Å². The van der Waals surface area contributed by atoms with E-state index in [4.69, 9.17) is 4.74 Å². The molecule has 19 heavy (non-hydrogen) atoms. The van der Waals surface area contributed by atoms with E-state index in [1.807, 2.05) is 0 Å². The van der Waals surface area contributed by atoms with E-state index < -0.39 is 11.7 Å². The number of hydrogen-bond acceptors (Lipinski definition) is 4. The van der Waals surface area contributed by atoms with Gasteiger partial charge in [-0.15, -0.1) is 0 Å². The van der Waals surface area contributed by atoms with Crippen molar-refractivity contribution >= 4 is 11.9 Å². The van der Waals surface area contributed by atoms with Gasteiger partial charge in [0.2, 0.25) is 0 Å². The zero-order chi connectivity index (χ0) is 14.5. The van der Waals surface area contributed by atoms with Crippen LogP contribution < -0.4 is 4.90 Å². The molecule has 0 unspecified atom stereocenters. The zero-order valence-corrected chi connectivity index (χ0v) is 11.6. The number of aromatic nitrogens is 2. The fraction of sp³-hybridized carbons (Fsp3) is 0.357. The predicted molar refractivity (Wildman–Crippen MR) is 73.7 cm³/mol. The third-order valence-electron chi connectivity index (χ3n) is 1.95. The van der Waals surface area contributed by atoms with Crippen LogP contribution in [0.15, 0.2) is 25.0 Å². The van der Waals surface area contributed by atoms with Crippen molar-refractivity contribution in [3.05, 3.63) is 30.7 Å². The van der Waals surface area contributed by atoms with Crippen LogP contribution in [0.2, 0.25) is 0 Å². The molecule has 0 radical (unpaired) electrons. The van der Waals surface area contributed by atoms with E-state index in [2.05, 4.69) is 28.4 Å². The van der Waals surface area contributed by atoms with Crippen molar-refractivity contribution in [2.75, 3.05) is 11.9 Å². The van der Waals surface area contributed by atoms with Crippen LogP contribution >= 0.6 is 0 Å². The van der Waals surface area contributed by atoms with E-state index in [1.54, 1.807) is 27.8 Å². The Morgan fingerprint density at radius 2 is 2.11 bits per heavy atom. The molecule has 0 N–H and O–H groups in total. The molecule has 0 bridgehead atoms. The number of nitrogens with zero attached hydrogens (tertiary/aromatic N) is 3. The topological polar surface area (TPSA) is 55.3 Å². The van der Waals surface area contributed by atoms with Gasteiger partial charge in [0.05, 0.1) is 12.4 Å². The molecule has 1 rings (SSSR count). The molecule has 0 spiro atoms. The van der Waals surface area contributed by atoms with E-state index in [-0.39, 0.29) is 0 Å². The lowest BCUT2D eigenvalue weighted by molar-refractivity contribution is 0.0588. The molecule has 1 aromatic heterocycles. The van der Waals surface area contributed by atoms with Crippen molar-refractivity contribution in [2.24, 2.45) is 0 Å². The van der Waals surface area contributed by atoms with Gasteiger partial charge in [0.25, 0.3) is 0 Å². The summed E-state index contributed by atoms with van der Waals surface area (Å²) in [5.41, 5.74) is -0.0324. The monoisotopic (exact) mass is 259 g/mol. The number of carbonyl (C=O) groups excluding carboxylic acids is 1. The summed E-state index contributed by atoms with van der Waals surface area (Å²) in [6.45, 7) is 8.90. The SMILES string of the molecule is C=CC#Cc1cnc(N(C)C(=O)OC(C)(C)C)cn1. The van der Waals surface area contributed by atoms with Gasteiger partial charge in [0.15, 0.2) is 5.82 Å². The lowest BCUT2D eigenvalue weighted by atomic mass is 10.2. The van der Waals surface area contributed by atoms with Gasteiger partial charge in [-0.25, -0.2) is 14.8 Å². The molecule has 5 nitrogen and oxygen atoms in total. The second kappa shape index (κ2) is 6.01. The fourth-order valence-electron chi connectivity index (χ4n) is 1.11. The molecule has 100 valence electrons. The highest BCUT2D eigenvalue weighted by Crippen LogP contribution is 2.13. The van der Waals surface area contributed by atoms with Gasteiger partial charge >= 0.3 is 6.09 Å². The Balaban J connectivity index is 2.80. The number of carbonyl (C=O) groups is 1. The molecular weight excluding hydrogens is 242 g/mol. The molecule has 0 atom stereocenters.